The predicted molar refractivity (Wildman–Crippen MR) is 68.3 cm³/mol. The molecule has 0 aromatic carbocycles. The summed E-state index contributed by atoms with van der Waals surface area (Å²) < 4.78 is 3.32. The molecule has 0 spiro atoms. The normalized spacial score (nSPS) is 12.4. The van der Waals surface area contributed by atoms with E-state index in [-0.39, 0.29) is 11.6 Å². The molecule has 0 aliphatic rings. The fourth-order valence-corrected chi connectivity index (χ4v) is 1.83. The number of nitrogens with zero attached hydrogens (tertiary/aromatic N) is 4. The molecule has 0 saturated heterocycles. The van der Waals surface area contributed by atoms with Crippen LogP contribution in [0.1, 0.15) is 28.7 Å². The van der Waals surface area contributed by atoms with Crippen LogP contribution in [0.15, 0.2) is 24.5 Å². The third-order valence-electron chi connectivity index (χ3n) is 2.86. The Balaban J connectivity index is 1.81. The largest absolute Gasteiger partial charge is 0.387 e. The quantitative estimate of drug-likeness (QED) is 0.795. The first kappa shape index (κ1) is 13.3. The zero-order chi connectivity index (χ0) is 13.8. The number of carbonyl (C=O) groups is 1. The molecule has 2 heterocycles. The van der Waals surface area contributed by atoms with Crippen molar-refractivity contribution in [3.05, 3.63) is 35.9 Å². The molecule has 102 valence electrons. The van der Waals surface area contributed by atoms with Crippen molar-refractivity contribution in [2.75, 3.05) is 6.54 Å². The second-order valence-corrected chi connectivity index (χ2v) is 4.38. The first-order chi connectivity index (χ1) is 9.08. The number of aromatic nitrogens is 4. The molecule has 0 radical (unpaired) electrons. The molecular formula is C12H17N5O2. The molecule has 1 atom stereocenters. The van der Waals surface area contributed by atoms with Crippen LogP contribution in [-0.2, 0) is 14.1 Å². The fourth-order valence-electron chi connectivity index (χ4n) is 1.83. The van der Waals surface area contributed by atoms with Gasteiger partial charge in [-0.3, -0.25) is 9.48 Å². The minimum Gasteiger partial charge on any atom is -0.387 e. The van der Waals surface area contributed by atoms with Crippen molar-refractivity contribution in [3.8, 4) is 0 Å². The minimum absolute atomic E-state index is 0.274. The molecule has 19 heavy (non-hydrogen) atoms. The fraction of sp³-hybridized carbons (Fsp3) is 0.417. The average molecular weight is 263 g/mol. The van der Waals surface area contributed by atoms with Crippen LogP contribution >= 0.6 is 0 Å². The van der Waals surface area contributed by atoms with E-state index in [0.717, 1.165) is 5.69 Å². The van der Waals surface area contributed by atoms with Gasteiger partial charge in [-0.05, 0) is 18.6 Å². The van der Waals surface area contributed by atoms with Crippen molar-refractivity contribution in [2.45, 2.75) is 12.5 Å². The lowest BCUT2D eigenvalue weighted by Gasteiger charge is -2.12. The molecule has 7 nitrogen and oxygen atoms in total. The van der Waals surface area contributed by atoms with Crippen LogP contribution in [0.2, 0.25) is 0 Å². The smallest absolute Gasteiger partial charge is 0.273 e. The van der Waals surface area contributed by atoms with Gasteiger partial charge in [0.15, 0.2) is 5.69 Å². The van der Waals surface area contributed by atoms with E-state index >= 15 is 0 Å². The van der Waals surface area contributed by atoms with Crippen LogP contribution in [0, 0.1) is 0 Å². The summed E-state index contributed by atoms with van der Waals surface area (Å²) in [6.07, 6.45) is 3.27. The summed E-state index contributed by atoms with van der Waals surface area (Å²) in [6, 6.07) is 3.73. The number of rotatable bonds is 5. The van der Waals surface area contributed by atoms with Crippen LogP contribution in [0.4, 0.5) is 0 Å². The molecule has 0 bridgehead atoms. The van der Waals surface area contributed by atoms with Gasteiger partial charge in [-0.15, -0.1) is 5.10 Å². The predicted octanol–water partition coefficient (Wildman–Crippen LogP) is 0.00710. The Morgan fingerprint density at radius 3 is 2.89 bits per heavy atom. The molecule has 0 aliphatic heterocycles. The maximum Gasteiger partial charge on any atom is 0.273 e. The van der Waals surface area contributed by atoms with E-state index in [9.17, 15) is 9.90 Å². The van der Waals surface area contributed by atoms with Gasteiger partial charge in [0, 0.05) is 32.5 Å². The molecule has 2 aromatic rings. The van der Waals surface area contributed by atoms with Gasteiger partial charge < -0.3 is 15.0 Å². The standard InChI is InChI=1S/C12H17N5O2/c1-16-7-3-4-10(16)11(18)5-6-13-12(19)9-8-17(2)15-14-9/h3-4,7-8,11,18H,5-6H2,1-2H3,(H,13,19). The third kappa shape index (κ3) is 3.19. The Morgan fingerprint density at radius 1 is 1.53 bits per heavy atom. The number of nitrogens with one attached hydrogen (secondary N) is 1. The van der Waals surface area contributed by atoms with Gasteiger partial charge in [-0.1, -0.05) is 5.21 Å². The lowest BCUT2D eigenvalue weighted by atomic mass is 10.2. The number of aryl methyl sites for hydroxylation is 2. The van der Waals surface area contributed by atoms with Crippen LogP contribution in [0.5, 0.6) is 0 Å². The molecule has 1 amide bonds. The van der Waals surface area contributed by atoms with E-state index in [2.05, 4.69) is 15.6 Å². The van der Waals surface area contributed by atoms with E-state index in [0.29, 0.717) is 13.0 Å². The highest BCUT2D eigenvalue weighted by Gasteiger charge is 2.12. The second-order valence-electron chi connectivity index (χ2n) is 4.38. The van der Waals surface area contributed by atoms with Gasteiger partial charge in [-0.25, -0.2) is 0 Å². The van der Waals surface area contributed by atoms with Crippen molar-refractivity contribution in [3.63, 3.8) is 0 Å². The van der Waals surface area contributed by atoms with Gasteiger partial charge in [0.05, 0.1) is 12.3 Å². The number of carbonyl (C=O) groups excluding carboxylic acids is 1. The highest BCUT2D eigenvalue weighted by atomic mass is 16.3. The Kier molecular flexibility index (Phi) is 3.96. The zero-order valence-corrected chi connectivity index (χ0v) is 10.9. The summed E-state index contributed by atoms with van der Waals surface area (Å²) in [7, 11) is 3.57. The minimum atomic E-state index is -0.595. The summed E-state index contributed by atoms with van der Waals surface area (Å²) in [5, 5.41) is 20.1. The molecule has 2 N–H and O–H groups in total. The summed E-state index contributed by atoms with van der Waals surface area (Å²) in [5.74, 6) is -0.285. The number of aliphatic hydroxyl groups excluding tert-OH is 1. The van der Waals surface area contributed by atoms with Crippen molar-refractivity contribution in [1.29, 1.82) is 0 Å². The Bertz CT molecular complexity index is 560. The SMILES string of the molecule is Cn1cc(C(=O)NCCC(O)c2cccn2C)nn1. The first-order valence-corrected chi connectivity index (χ1v) is 6.01. The number of amides is 1. The molecular weight excluding hydrogens is 246 g/mol. The monoisotopic (exact) mass is 263 g/mol. The maximum absolute atomic E-state index is 11.7. The van der Waals surface area contributed by atoms with Crippen LogP contribution in [0.3, 0.4) is 0 Å². The Hall–Kier alpha value is -2.15. The van der Waals surface area contributed by atoms with Crippen LogP contribution in [-0.4, -0.2) is 37.1 Å². The lowest BCUT2D eigenvalue weighted by Crippen LogP contribution is -2.26. The van der Waals surface area contributed by atoms with Crippen molar-refractivity contribution in [1.82, 2.24) is 24.9 Å². The molecule has 0 aliphatic carbocycles. The topological polar surface area (TPSA) is 85.0 Å². The molecule has 2 aromatic heterocycles. The summed E-state index contributed by atoms with van der Waals surface area (Å²) in [4.78, 5) is 11.7. The first-order valence-electron chi connectivity index (χ1n) is 6.01. The average Bonchev–Trinajstić information content (AvgIpc) is 2.97. The molecule has 7 heteroatoms. The van der Waals surface area contributed by atoms with Crippen LogP contribution in [0.25, 0.3) is 0 Å². The van der Waals surface area contributed by atoms with E-state index in [4.69, 9.17) is 0 Å². The van der Waals surface area contributed by atoms with Crippen molar-refractivity contribution in [2.24, 2.45) is 14.1 Å². The molecule has 1 unspecified atom stereocenters. The second kappa shape index (κ2) is 5.66. The maximum atomic E-state index is 11.7. The van der Waals surface area contributed by atoms with E-state index in [1.54, 1.807) is 13.2 Å². The third-order valence-corrected chi connectivity index (χ3v) is 2.86. The van der Waals surface area contributed by atoms with Crippen LogP contribution < -0.4 is 5.32 Å². The van der Waals surface area contributed by atoms with Gasteiger partial charge in [-0.2, -0.15) is 0 Å². The summed E-state index contributed by atoms with van der Waals surface area (Å²) in [6.45, 7) is 0.377. The number of aliphatic hydroxyl groups is 1. The molecule has 2 rings (SSSR count). The lowest BCUT2D eigenvalue weighted by molar-refractivity contribution is 0.0936. The van der Waals surface area contributed by atoms with E-state index in [1.165, 1.54) is 4.68 Å². The highest BCUT2D eigenvalue weighted by molar-refractivity contribution is 5.91. The zero-order valence-electron chi connectivity index (χ0n) is 10.9. The van der Waals surface area contributed by atoms with Crippen molar-refractivity contribution < 1.29 is 9.90 Å². The molecule has 0 saturated carbocycles. The van der Waals surface area contributed by atoms with Gasteiger partial charge in [0.25, 0.3) is 5.91 Å². The summed E-state index contributed by atoms with van der Waals surface area (Å²) in [5.41, 5.74) is 1.10. The Morgan fingerprint density at radius 2 is 2.32 bits per heavy atom. The number of hydrogen-bond donors (Lipinski definition) is 2. The number of hydrogen-bond acceptors (Lipinski definition) is 4. The van der Waals surface area contributed by atoms with Gasteiger partial charge >= 0.3 is 0 Å². The van der Waals surface area contributed by atoms with Gasteiger partial charge in [0.1, 0.15) is 0 Å². The van der Waals surface area contributed by atoms with E-state index < -0.39 is 6.10 Å². The molecule has 0 fully saturated rings. The van der Waals surface area contributed by atoms with E-state index in [1.807, 2.05) is 29.9 Å². The summed E-state index contributed by atoms with van der Waals surface area (Å²) >= 11 is 0. The Labute approximate surface area is 110 Å². The van der Waals surface area contributed by atoms with Gasteiger partial charge in [0.2, 0.25) is 0 Å². The highest BCUT2D eigenvalue weighted by Crippen LogP contribution is 2.15. The van der Waals surface area contributed by atoms with Crippen molar-refractivity contribution >= 4 is 5.91 Å².